The first-order valence-electron chi connectivity index (χ1n) is 8.55. The first-order valence-corrected chi connectivity index (χ1v) is 10.8. The van der Waals surface area contributed by atoms with E-state index in [0.29, 0.717) is 11.3 Å². The lowest BCUT2D eigenvalue weighted by atomic mass is 10.2. The lowest BCUT2D eigenvalue weighted by Gasteiger charge is -2.13. The van der Waals surface area contributed by atoms with Crippen LogP contribution in [-0.2, 0) is 10.0 Å². The zero-order valence-electron chi connectivity index (χ0n) is 14.5. The quantitative estimate of drug-likeness (QED) is 0.735. The molecule has 1 aliphatic carbocycles. The molecular weight excluding hydrogens is 416 g/mol. The third-order valence-corrected chi connectivity index (χ3v) is 6.63. The van der Waals surface area contributed by atoms with Crippen LogP contribution in [-0.4, -0.2) is 20.4 Å². The monoisotopic (exact) mass is 436 g/mol. The highest BCUT2D eigenvalue weighted by molar-refractivity contribution is 9.10. The Labute approximate surface area is 162 Å². The van der Waals surface area contributed by atoms with Gasteiger partial charge in [0, 0.05) is 16.1 Å². The molecule has 0 bridgehead atoms. The number of anilines is 1. The second kappa shape index (κ2) is 7.90. The molecule has 0 aromatic heterocycles. The Morgan fingerprint density at radius 1 is 1.12 bits per heavy atom. The van der Waals surface area contributed by atoms with Gasteiger partial charge < -0.3 is 5.32 Å². The summed E-state index contributed by atoms with van der Waals surface area (Å²) in [5.74, 6) is -0.354. The normalized spacial score (nSPS) is 15.2. The zero-order valence-corrected chi connectivity index (χ0v) is 16.9. The van der Waals surface area contributed by atoms with Gasteiger partial charge in [0.2, 0.25) is 10.0 Å². The van der Waals surface area contributed by atoms with Crippen LogP contribution in [0.1, 0.15) is 41.6 Å². The topological polar surface area (TPSA) is 75.3 Å². The number of amides is 1. The molecule has 0 spiro atoms. The minimum absolute atomic E-state index is 0.0130. The van der Waals surface area contributed by atoms with Crippen molar-refractivity contribution in [1.82, 2.24) is 4.72 Å². The van der Waals surface area contributed by atoms with Gasteiger partial charge in [-0.25, -0.2) is 13.1 Å². The highest BCUT2D eigenvalue weighted by Crippen LogP contribution is 2.25. The maximum atomic E-state index is 12.6. The molecule has 0 unspecified atom stereocenters. The summed E-state index contributed by atoms with van der Waals surface area (Å²) in [5.41, 5.74) is 2.01. The van der Waals surface area contributed by atoms with Crippen LogP contribution in [0.25, 0.3) is 0 Å². The van der Waals surface area contributed by atoms with Crippen LogP contribution >= 0.6 is 15.9 Å². The predicted molar refractivity (Wildman–Crippen MR) is 106 cm³/mol. The minimum atomic E-state index is -3.63. The van der Waals surface area contributed by atoms with E-state index in [-0.39, 0.29) is 16.8 Å². The number of sulfonamides is 1. The number of hydrogen-bond acceptors (Lipinski definition) is 3. The predicted octanol–water partition coefficient (Wildman–Crippen LogP) is 4.23. The van der Waals surface area contributed by atoms with E-state index < -0.39 is 10.0 Å². The second-order valence-corrected chi connectivity index (χ2v) is 9.14. The van der Waals surface area contributed by atoms with Crippen molar-refractivity contribution in [1.29, 1.82) is 0 Å². The average molecular weight is 437 g/mol. The maximum absolute atomic E-state index is 12.6. The Morgan fingerprint density at radius 3 is 2.54 bits per heavy atom. The van der Waals surface area contributed by atoms with Gasteiger partial charge in [-0.05, 0) is 71.6 Å². The number of rotatable bonds is 5. The van der Waals surface area contributed by atoms with Gasteiger partial charge in [-0.1, -0.05) is 25.0 Å². The summed E-state index contributed by atoms with van der Waals surface area (Å²) in [7, 11) is -3.63. The van der Waals surface area contributed by atoms with Crippen molar-refractivity contribution in [3.63, 3.8) is 0 Å². The van der Waals surface area contributed by atoms with E-state index in [1.54, 1.807) is 18.2 Å². The van der Waals surface area contributed by atoms with Crippen LogP contribution in [0.3, 0.4) is 0 Å². The zero-order chi connectivity index (χ0) is 18.7. The van der Waals surface area contributed by atoms with E-state index in [4.69, 9.17) is 0 Å². The first kappa shape index (κ1) is 19.1. The SMILES string of the molecule is Cc1ccc(NC(=O)c2cccc(S(=O)(=O)NC3CCCC3)c2)c(Br)c1. The summed E-state index contributed by atoms with van der Waals surface area (Å²) in [6.07, 6.45) is 3.81. The second-order valence-electron chi connectivity index (χ2n) is 6.57. The molecule has 1 fully saturated rings. The molecule has 1 aliphatic rings. The molecule has 7 heteroatoms. The number of aryl methyl sites for hydroxylation is 1. The summed E-state index contributed by atoms with van der Waals surface area (Å²) in [5, 5.41) is 2.80. The van der Waals surface area contributed by atoms with E-state index in [9.17, 15) is 13.2 Å². The molecule has 138 valence electrons. The van der Waals surface area contributed by atoms with Gasteiger partial charge in [0.25, 0.3) is 5.91 Å². The number of carbonyl (C=O) groups excluding carboxylic acids is 1. The summed E-state index contributed by atoms with van der Waals surface area (Å²) in [6.45, 7) is 1.96. The van der Waals surface area contributed by atoms with Crippen molar-refractivity contribution in [3.8, 4) is 0 Å². The molecule has 2 aromatic rings. The van der Waals surface area contributed by atoms with Crippen LogP contribution in [0.15, 0.2) is 51.8 Å². The minimum Gasteiger partial charge on any atom is -0.321 e. The van der Waals surface area contributed by atoms with Gasteiger partial charge in [0.05, 0.1) is 10.6 Å². The molecule has 2 N–H and O–H groups in total. The van der Waals surface area contributed by atoms with Crippen LogP contribution in [0, 0.1) is 6.92 Å². The molecule has 0 aliphatic heterocycles. The summed E-state index contributed by atoms with van der Waals surface area (Å²) in [4.78, 5) is 12.6. The van der Waals surface area contributed by atoms with Gasteiger partial charge in [0.1, 0.15) is 0 Å². The summed E-state index contributed by atoms with van der Waals surface area (Å²) in [6, 6.07) is 11.7. The van der Waals surface area contributed by atoms with E-state index in [1.807, 2.05) is 19.1 Å². The number of hydrogen-bond donors (Lipinski definition) is 2. The van der Waals surface area contributed by atoms with Crippen molar-refractivity contribution >= 4 is 37.5 Å². The van der Waals surface area contributed by atoms with Crippen molar-refractivity contribution in [3.05, 3.63) is 58.1 Å². The van der Waals surface area contributed by atoms with E-state index in [2.05, 4.69) is 26.0 Å². The fourth-order valence-corrected chi connectivity index (χ4v) is 4.99. The number of nitrogens with one attached hydrogen (secondary N) is 2. The molecule has 26 heavy (non-hydrogen) atoms. The summed E-state index contributed by atoms with van der Waals surface area (Å²) >= 11 is 3.42. The molecule has 0 radical (unpaired) electrons. The molecule has 0 heterocycles. The Hall–Kier alpha value is -1.70. The fourth-order valence-electron chi connectivity index (χ4n) is 3.05. The number of halogens is 1. The molecule has 3 rings (SSSR count). The third-order valence-electron chi connectivity index (χ3n) is 4.46. The van der Waals surface area contributed by atoms with E-state index in [0.717, 1.165) is 35.7 Å². The lowest BCUT2D eigenvalue weighted by molar-refractivity contribution is 0.102. The van der Waals surface area contributed by atoms with Crippen molar-refractivity contribution in [2.24, 2.45) is 0 Å². The number of carbonyl (C=O) groups is 1. The van der Waals surface area contributed by atoms with E-state index in [1.165, 1.54) is 12.1 Å². The van der Waals surface area contributed by atoms with Crippen molar-refractivity contribution in [2.75, 3.05) is 5.32 Å². The largest absolute Gasteiger partial charge is 0.321 e. The van der Waals surface area contributed by atoms with Crippen LogP contribution < -0.4 is 10.0 Å². The van der Waals surface area contributed by atoms with Gasteiger partial charge in [0.15, 0.2) is 0 Å². The molecular formula is C19H21BrN2O3S. The molecule has 0 atom stereocenters. The third kappa shape index (κ3) is 4.52. The molecule has 5 nitrogen and oxygen atoms in total. The fraction of sp³-hybridized carbons (Fsp3) is 0.316. The standard InChI is InChI=1S/C19H21BrN2O3S/c1-13-9-10-18(17(20)11-13)21-19(23)14-5-4-8-16(12-14)26(24,25)22-15-6-2-3-7-15/h4-5,8-12,15,22H,2-3,6-7H2,1H3,(H,21,23). The van der Waals surface area contributed by atoms with Gasteiger partial charge in [-0.3, -0.25) is 4.79 Å². The molecule has 0 saturated heterocycles. The van der Waals surface area contributed by atoms with Gasteiger partial charge in [-0.2, -0.15) is 0 Å². The number of benzene rings is 2. The molecule has 2 aromatic carbocycles. The van der Waals surface area contributed by atoms with Crippen LogP contribution in [0.4, 0.5) is 5.69 Å². The van der Waals surface area contributed by atoms with E-state index >= 15 is 0 Å². The lowest BCUT2D eigenvalue weighted by Crippen LogP contribution is -2.32. The molecule has 1 saturated carbocycles. The van der Waals surface area contributed by atoms with Crippen LogP contribution in [0.5, 0.6) is 0 Å². The molecule has 1 amide bonds. The summed E-state index contributed by atoms with van der Waals surface area (Å²) < 4.78 is 28.6. The highest BCUT2D eigenvalue weighted by atomic mass is 79.9. The highest BCUT2D eigenvalue weighted by Gasteiger charge is 2.23. The Kier molecular flexibility index (Phi) is 5.79. The van der Waals surface area contributed by atoms with Crippen LogP contribution in [0.2, 0.25) is 0 Å². The maximum Gasteiger partial charge on any atom is 0.255 e. The Balaban J connectivity index is 1.78. The van der Waals surface area contributed by atoms with Crippen molar-refractivity contribution < 1.29 is 13.2 Å². The van der Waals surface area contributed by atoms with Crippen molar-refractivity contribution in [2.45, 2.75) is 43.5 Å². The average Bonchev–Trinajstić information content (AvgIpc) is 3.09. The first-order chi connectivity index (χ1) is 12.3. The Morgan fingerprint density at radius 2 is 1.85 bits per heavy atom. The smallest absolute Gasteiger partial charge is 0.255 e. The van der Waals surface area contributed by atoms with Gasteiger partial charge >= 0.3 is 0 Å². The Bertz CT molecular complexity index is 922. The van der Waals surface area contributed by atoms with Gasteiger partial charge in [-0.15, -0.1) is 0 Å².